The van der Waals surface area contributed by atoms with Crippen molar-refractivity contribution in [2.24, 2.45) is 5.92 Å². The van der Waals surface area contributed by atoms with Gasteiger partial charge in [-0.1, -0.05) is 0 Å². The summed E-state index contributed by atoms with van der Waals surface area (Å²) in [5.41, 5.74) is 1.00. The standard InChI is InChI=1S/C17H19N3O4/c1-2-24-17(21)12-6-9-19(10-7-12)15-3-4-16(20(22)23)14-11-18-8-5-13(14)15/h3-5,8,11-12H,2,6-7,9-10H2,1H3. The van der Waals surface area contributed by atoms with E-state index in [0.717, 1.165) is 37.0 Å². The highest BCUT2D eigenvalue weighted by atomic mass is 16.6. The van der Waals surface area contributed by atoms with Crippen molar-refractivity contribution in [1.29, 1.82) is 0 Å². The van der Waals surface area contributed by atoms with E-state index in [2.05, 4.69) is 9.88 Å². The van der Waals surface area contributed by atoms with Crippen molar-refractivity contribution in [1.82, 2.24) is 4.98 Å². The molecule has 0 N–H and O–H groups in total. The predicted molar refractivity (Wildman–Crippen MR) is 90.0 cm³/mol. The van der Waals surface area contributed by atoms with Crippen LogP contribution in [0.3, 0.4) is 0 Å². The van der Waals surface area contributed by atoms with Crippen molar-refractivity contribution in [2.75, 3.05) is 24.6 Å². The molecule has 1 fully saturated rings. The first-order valence-corrected chi connectivity index (χ1v) is 8.04. The molecule has 1 aromatic heterocycles. The van der Waals surface area contributed by atoms with Crippen LogP contribution in [0.2, 0.25) is 0 Å². The number of non-ortho nitro benzene ring substituents is 1. The number of carbonyl (C=O) groups is 1. The smallest absolute Gasteiger partial charge is 0.309 e. The van der Waals surface area contributed by atoms with Gasteiger partial charge in [0.05, 0.1) is 22.8 Å². The predicted octanol–water partition coefficient (Wildman–Crippen LogP) is 2.92. The molecule has 0 saturated carbocycles. The Hall–Kier alpha value is -2.70. The summed E-state index contributed by atoms with van der Waals surface area (Å²) in [5.74, 6) is -0.193. The van der Waals surface area contributed by atoms with Gasteiger partial charge in [-0.15, -0.1) is 0 Å². The Morgan fingerprint density at radius 3 is 2.75 bits per heavy atom. The number of rotatable bonds is 4. The van der Waals surface area contributed by atoms with Gasteiger partial charge in [-0.25, -0.2) is 0 Å². The number of piperidine rings is 1. The lowest BCUT2D eigenvalue weighted by molar-refractivity contribution is -0.383. The van der Waals surface area contributed by atoms with Gasteiger partial charge in [0.25, 0.3) is 5.69 Å². The lowest BCUT2D eigenvalue weighted by Gasteiger charge is -2.33. The highest BCUT2D eigenvalue weighted by Gasteiger charge is 2.27. The van der Waals surface area contributed by atoms with Crippen LogP contribution in [-0.2, 0) is 9.53 Å². The van der Waals surface area contributed by atoms with Gasteiger partial charge in [0.2, 0.25) is 0 Å². The maximum absolute atomic E-state index is 11.8. The zero-order chi connectivity index (χ0) is 17.1. The minimum absolute atomic E-state index is 0.0586. The number of nitro groups is 1. The van der Waals surface area contributed by atoms with E-state index in [1.807, 2.05) is 6.92 Å². The number of nitro benzene ring substituents is 1. The average Bonchev–Trinajstić information content (AvgIpc) is 2.61. The van der Waals surface area contributed by atoms with Crippen LogP contribution >= 0.6 is 0 Å². The fourth-order valence-electron chi connectivity index (χ4n) is 3.21. The van der Waals surface area contributed by atoms with E-state index >= 15 is 0 Å². The fraction of sp³-hybridized carbons (Fsp3) is 0.412. The lowest BCUT2D eigenvalue weighted by atomic mass is 9.96. The molecule has 1 saturated heterocycles. The molecule has 0 amide bonds. The molecule has 1 aliphatic heterocycles. The van der Waals surface area contributed by atoms with E-state index in [1.54, 1.807) is 18.3 Å². The van der Waals surface area contributed by atoms with E-state index in [1.165, 1.54) is 12.3 Å². The van der Waals surface area contributed by atoms with Crippen LogP contribution in [0, 0.1) is 16.0 Å². The van der Waals surface area contributed by atoms with Crippen molar-refractivity contribution in [3.8, 4) is 0 Å². The Morgan fingerprint density at radius 1 is 1.33 bits per heavy atom. The number of fused-ring (bicyclic) bond motifs is 1. The second-order valence-corrected chi connectivity index (χ2v) is 5.80. The molecule has 7 nitrogen and oxygen atoms in total. The van der Waals surface area contributed by atoms with Gasteiger partial charge in [-0.3, -0.25) is 19.9 Å². The van der Waals surface area contributed by atoms with Crippen LogP contribution in [0.15, 0.2) is 30.6 Å². The van der Waals surface area contributed by atoms with Crippen LogP contribution in [0.5, 0.6) is 0 Å². The number of hydrogen-bond acceptors (Lipinski definition) is 6. The summed E-state index contributed by atoms with van der Waals surface area (Å²) in [6.45, 7) is 3.65. The Kier molecular flexibility index (Phi) is 4.59. The number of benzene rings is 1. The maximum atomic E-state index is 11.8. The van der Waals surface area contributed by atoms with E-state index in [4.69, 9.17) is 4.74 Å². The first-order valence-electron chi connectivity index (χ1n) is 8.04. The number of ether oxygens (including phenoxy) is 1. The molecular formula is C17H19N3O4. The summed E-state index contributed by atoms with van der Waals surface area (Å²) >= 11 is 0. The molecular weight excluding hydrogens is 310 g/mol. The van der Waals surface area contributed by atoms with Crippen molar-refractivity contribution < 1.29 is 14.5 Å². The molecule has 3 rings (SSSR count). The zero-order valence-electron chi connectivity index (χ0n) is 13.5. The van der Waals surface area contributed by atoms with Crippen LogP contribution in [0.1, 0.15) is 19.8 Å². The van der Waals surface area contributed by atoms with E-state index < -0.39 is 0 Å². The Labute approximate surface area is 139 Å². The summed E-state index contributed by atoms with van der Waals surface area (Å²) in [4.78, 5) is 28.8. The van der Waals surface area contributed by atoms with E-state index in [0.29, 0.717) is 12.0 Å². The fourth-order valence-corrected chi connectivity index (χ4v) is 3.21. The van der Waals surface area contributed by atoms with Gasteiger partial charge in [-0.2, -0.15) is 0 Å². The first-order chi connectivity index (χ1) is 11.6. The van der Waals surface area contributed by atoms with Crippen molar-refractivity contribution >= 4 is 28.1 Å². The quantitative estimate of drug-likeness (QED) is 0.487. The van der Waals surface area contributed by atoms with Crippen LogP contribution < -0.4 is 4.90 Å². The molecule has 2 aromatic rings. The monoisotopic (exact) mass is 329 g/mol. The SMILES string of the molecule is CCOC(=O)C1CCN(c2ccc([N+](=O)[O-])c3cnccc23)CC1. The zero-order valence-corrected chi connectivity index (χ0v) is 13.5. The number of aromatic nitrogens is 1. The normalized spacial score (nSPS) is 15.5. The molecule has 0 radical (unpaired) electrons. The molecule has 0 bridgehead atoms. The van der Waals surface area contributed by atoms with Crippen LogP contribution in [-0.4, -0.2) is 35.6 Å². The first kappa shape index (κ1) is 16.2. The molecule has 1 aliphatic rings. The van der Waals surface area contributed by atoms with Crippen LogP contribution in [0.25, 0.3) is 10.8 Å². The third kappa shape index (κ3) is 3.02. The van der Waals surface area contributed by atoms with Gasteiger partial charge in [0.15, 0.2) is 0 Å². The van der Waals surface area contributed by atoms with Crippen molar-refractivity contribution in [2.45, 2.75) is 19.8 Å². The lowest BCUT2D eigenvalue weighted by Crippen LogP contribution is -2.37. The third-order valence-electron chi connectivity index (χ3n) is 4.42. The van der Waals surface area contributed by atoms with E-state index in [9.17, 15) is 14.9 Å². The van der Waals surface area contributed by atoms with E-state index in [-0.39, 0.29) is 22.5 Å². The minimum atomic E-state index is -0.388. The number of carbonyl (C=O) groups excluding carboxylic acids is 1. The van der Waals surface area contributed by atoms with Gasteiger partial charge in [0, 0.05) is 42.6 Å². The van der Waals surface area contributed by atoms with Gasteiger partial charge in [-0.05, 0) is 31.9 Å². The Bertz CT molecular complexity index is 770. The Balaban J connectivity index is 1.85. The molecule has 0 unspecified atom stereocenters. The number of anilines is 1. The van der Waals surface area contributed by atoms with Gasteiger partial charge >= 0.3 is 5.97 Å². The highest BCUT2D eigenvalue weighted by Crippen LogP contribution is 2.34. The number of hydrogen-bond donors (Lipinski definition) is 0. The molecule has 0 spiro atoms. The molecule has 24 heavy (non-hydrogen) atoms. The summed E-state index contributed by atoms with van der Waals surface area (Å²) in [5, 5.41) is 12.5. The third-order valence-corrected chi connectivity index (χ3v) is 4.42. The second kappa shape index (κ2) is 6.82. The molecule has 2 heterocycles. The summed E-state index contributed by atoms with van der Waals surface area (Å²) in [6.07, 6.45) is 4.62. The largest absolute Gasteiger partial charge is 0.466 e. The minimum Gasteiger partial charge on any atom is -0.466 e. The molecule has 7 heteroatoms. The average molecular weight is 329 g/mol. The number of esters is 1. The maximum Gasteiger partial charge on any atom is 0.309 e. The second-order valence-electron chi connectivity index (χ2n) is 5.80. The molecule has 1 aromatic carbocycles. The van der Waals surface area contributed by atoms with Crippen molar-refractivity contribution in [3.63, 3.8) is 0 Å². The Morgan fingerprint density at radius 2 is 2.08 bits per heavy atom. The molecule has 0 atom stereocenters. The summed E-state index contributed by atoms with van der Waals surface area (Å²) in [6, 6.07) is 5.11. The topological polar surface area (TPSA) is 85.6 Å². The summed E-state index contributed by atoms with van der Waals surface area (Å²) < 4.78 is 5.09. The molecule has 126 valence electrons. The molecule has 0 aliphatic carbocycles. The number of pyridine rings is 1. The number of nitrogens with zero attached hydrogens (tertiary/aromatic N) is 3. The van der Waals surface area contributed by atoms with Gasteiger partial charge in [0.1, 0.15) is 0 Å². The van der Waals surface area contributed by atoms with Crippen molar-refractivity contribution in [3.05, 3.63) is 40.7 Å². The van der Waals surface area contributed by atoms with Gasteiger partial charge < -0.3 is 9.64 Å². The highest BCUT2D eigenvalue weighted by molar-refractivity contribution is 5.99. The summed E-state index contributed by atoms with van der Waals surface area (Å²) in [7, 11) is 0. The van der Waals surface area contributed by atoms with Crippen LogP contribution in [0.4, 0.5) is 11.4 Å².